The Labute approximate surface area is 220 Å². The zero-order chi connectivity index (χ0) is 26.4. The number of nitrogens with zero attached hydrogens (tertiary/aromatic N) is 3. The van der Waals surface area contributed by atoms with Crippen molar-refractivity contribution in [2.75, 3.05) is 38.7 Å². The maximum absolute atomic E-state index is 13.5. The molecular weight excluding hydrogens is 464 g/mol. The van der Waals surface area contributed by atoms with Crippen LogP contribution in [0.2, 0.25) is 0 Å². The highest BCUT2D eigenvalue weighted by Crippen LogP contribution is 2.33. The Kier molecular flexibility index (Phi) is 8.66. The van der Waals surface area contributed by atoms with Crippen LogP contribution >= 0.6 is 0 Å². The number of hydrazine groups is 1. The molecule has 0 radical (unpaired) electrons. The number of amides is 2. The van der Waals surface area contributed by atoms with Crippen LogP contribution in [0.1, 0.15) is 37.8 Å². The summed E-state index contributed by atoms with van der Waals surface area (Å²) in [7, 11) is 3.42. The molecule has 0 aromatic heterocycles. The Morgan fingerprint density at radius 3 is 2.22 bits per heavy atom. The van der Waals surface area contributed by atoms with Crippen LogP contribution in [0.5, 0.6) is 5.75 Å². The first-order valence-corrected chi connectivity index (χ1v) is 13.0. The number of anilines is 1. The predicted molar refractivity (Wildman–Crippen MR) is 148 cm³/mol. The van der Waals surface area contributed by atoms with Crippen LogP contribution in [0.4, 0.5) is 5.69 Å². The molecule has 1 aliphatic heterocycles. The van der Waals surface area contributed by atoms with E-state index in [1.54, 1.807) is 19.2 Å². The summed E-state index contributed by atoms with van der Waals surface area (Å²) in [5.74, 6) is 1.04. The Balaban J connectivity index is 1.53. The number of carbonyl (C=O) groups is 2. The maximum atomic E-state index is 13.5. The molecule has 3 aromatic rings. The summed E-state index contributed by atoms with van der Waals surface area (Å²) in [4.78, 5) is 28.3. The van der Waals surface area contributed by atoms with E-state index in [-0.39, 0.29) is 24.9 Å². The smallest absolute Gasteiger partial charge is 0.256 e. The number of carbonyl (C=O) groups excluding carboxylic acids is 2. The summed E-state index contributed by atoms with van der Waals surface area (Å²) in [6.07, 6.45) is 1.99. The van der Waals surface area contributed by atoms with Crippen molar-refractivity contribution < 1.29 is 14.3 Å². The number of benzene rings is 3. The van der Waals surface area contributed by atoms with Gasteiger partial charge in [-0.25, -0.2) is 5.01 Å². The second-order valence-electron chi connectivity index (χ2n) is 10.1. The first-order valence-electron chi connectivity index (χ1n) is 13.0. The fourth-order valence-corrected chi connectivity index (χ4v) is 4.76. The summed E-state index contributed by atoms with van der Waals surface area (Å²) in [5.41, 5.74) is 3.19. The van der Waals surface area contributed by atoms with Crippen LogP contribution in [0.3, 0.4) is 0 Å². The van der Waals surface area contributed by atoms with E-state index in [1.165, 1.54) is 11.1 Å². The van der Waals surface area contributed by atoms with Gasteiger partial charge in [0.05, 0.1) is 25.9 Å². The van der Waals surface area contributed by atoms with E-state index in [0.717, 1.165) is 29.3 Å². The van der Waals surface area contributed by atoms with Gasteiger partial charge >= 0.3 is 0 Å². The first kappa shape index (κ1) is 26.5. The minimum atomic E-state index is -0.108. The van der Waals surface area contributed by atoms with Gasteiger partial charge in [0.1, 0.15) is 5.75 Å². The van der Waals surface area contributed by atoms with Crippen molar-refractivity contribution in [1.82, 2.24) is 15.3 Å². The van der Waals surface area contributed by atoms with E-state index in [4.69, 9.17) is 4.74 Å². The molecule has 2 amide bonds. The normalized spacial score (nSPS) is 13.0. The number of hydrogen-bond acceptors (Lipinski definition) is 5. The molecule has 0 saturated heterocycles. The lowest BCUT2D eigenvalue weighted by Crippen LogP contribution is -2.48. The molecule has 0 unspecified atom stereocenters. The molecule has 0 bridgehead atoms. The Bertz CT molecular complexity index is 1220. The van der Waals surface area contributed by atoms with E-state index in [9.17, 15) is 9.59 Å². The molecule has 0 atom stereocenters. The second kappa shape index (κ2) is 12.1. The highest BCUT2D eigenvalue weighted by atomic mass is 16.5. The van der Waals surface area contributed by atoms with Gasteiger partial charge in [-0.15, -0.1) is 0 Å². The second-order valence-corrected chi connectivity index (χ2v) is 10.1. The van der Waals surface area contributed by atoms with Crippen molar-refractivity contribution in [3.05, 3.63) is 71.8 Å². The van der Waals surface area contributed by atoms with Gasteiger partial charge in [-0.05, 0) is 52.8 Å². The molecular formula is C30H38N4O3. The molecule has 7 heteroatoms. The van der Waals surface area contributed by atoms with Crippen LogP contribution in [0, 0.1) is 5.92 Å². The molecule has 0 fully saturated rings. The van der Waals surface area contributed by atoms with E-state index in [1.807, 2.05) is 58.4 Å². The van der Waals surface area contributed by atoms with E-state index >= 15 is 0 Å². The van der Waals surface area contributed by atoms with Gasteiger partial charge in [0.25, 0.3) is 5.91 Å². The first-order chi connectivity index (χ1) is 17.9. The van der Waals surface area contributed by atoms with Crippen LogP contribution in [-0.2, 0) is 22.7 Å². The van der Waals surface area contributed by atoms with Crippen LogP contribution < -0.4 is 15.0 Å². The summed E-state index contributed by atoms with van der Waals surface area (Å²) < 4.78 is 5.72. The molecule has 37 heavy (non-hydrogen) atoms. The molecule has 7 nitrogen and oxygen atoms in total. The predicted octanol–water partition coefficient (Wildman–Crippen LogP) is 4.60. The Hall–Kier alpha value is -3.58. The Morgan fingerprint density at radius 2 is 1.59 bits per heavy atom. The number of fused-ring (bicyclic) bond motifs is 2. The molecule has 1 aliphatic rings. The van der Waals surface area contributed by atoms with Crippen molar-refractivity contribution in [2.24, 2.45) is 5.92 Å². The highest BCUT2D eigenvalue weighted by molar-refractivity contribution is 5.92. The van der Waals surface area contributed by atoms with Gasteiger partial charge < -0.3 is 15.0 Å². The van der Waals surface area contributed by atoms with Crippen molar-refractivity contribution in [1.29, 1.82) is 0 Å². The van der Waals surface area contributed by atoms with Crippen molar-refractivity contribution in [3.8, 4) is 5.75 Å². The van der Waals surface area contributed by atoms with Crippen LogP contribution in [0.25, 0.3) is 10.8 Å². The third kappa shape index (κ3) is 6.60. The quantitative estimate of drug-likeness (QED) is 0.389. The van der Waals surface area contributed by atoms with Gasteiger partial charge in [-0.2, -0.15) is 0 Å². The van der Waals surface area contributed by atoms with Gasteiger partial charge in [-0.3, -0.25) is 14.6 Å². The fraction of sp³-hybridized carbons (Fsp3) is 0.400. The van der Waals surface area contributed by atoms with Gasteiger partial charge in [-0.1, -0.05) is 62.4 Å². The van der Waals surface area contributed by atoms with E-state index < -0.39 is 0 Å². The molecule has 0 saturated carbocycles. The third-order valence-electron chi connectivity index (χ3n) is 6.94. The Morgan fingerprint density at radius 1 is 0.973 bits per heavy atom. The lowest BCUT2D eigenvalue weighted by molar-refractivity contribution is -0.145. The minimum absolute atomic E-state index is 0.0530. The number of methoxy groups -OCH3 is 1. The number of likely N-dealkylation sites (N-methyl/N-ethyl adjacent to an activating group) is 1. The zero-order valence-corrected chi connectivity index (χ0v) is 22.4. The number of hydrogen-bond donors (Lipinski definition) is 1. The lowest BCUT2D eigenvalue weighted by Gasteiger charge is -2.32. The molecule has 3 aromatic carbocycles. The topological polar surface area (TPSA) is 65.1 Å². The van der Waals surface area contributed by atoms with Crippen LogP contribution in [-0.4, -0.2) is 55.6 Å². The summed E-state index contributed by atoms with van der Waals surface area (Å²) in [6, 6.07) is 20.2. The van der Waals surface area contributed by atoms with Crippen molar-refractivity contribution in [3.63, 3.8) is 0 Å². The monoisotopic (exact) mass is 502 g/mol. The van der Waals surface area contributed by atoms with Crippen molar-refractivity contribution in [2.45, 2.75) is 39.8 Å². The number of rotatable bonds is 11. The van der Waals surface area contributed by atoms with Gasteiger partial charge in [0.15, 0.2) is 0 Å². The average Bonchev–Trinajstić information content (AvgIpc) is 3.33. The molecule has 1 heterocycles. The van der Waals surface area contributed by atoms with E-state index in [0.29, 0.717) is 31.3 Å². The van der Waals surface area contributed by atoms with Gasteiger partial charge in [0.2, 0.25) is 5.91 Å². The largest absolute Gasteiger partial charge is 0.495 e. The third-order valence-corrected chi connectivity index (χ3v) is 6.94. The fourth-order valence-electron chi connectivity index (χ4n) is 4.76. The van der Waals surface area contributed by atoms with Crippen LogP contribution in [0.15, 0.2) is 60.7 Å². The van der Waals surface area contributed by atoms with Gasteiger partial charge in [0, 0.05) is 26.7 Å². The van der Waals surface area contributed by atoms with E-state index in [2.05, 4.69) is 31.3 Å². The standard InChI is InChI=1S/C30H38N4O3/c1-22(2)10-9-15-31-29(35)20-33(27-16-23-11-5-6-12-24(23)17-28(27)37-4)21-30(36)32(3)34-18-25-13-7-8-14-26(25)19-34/h5-8,11-14,16-17,22H,9-10,15,18-21H2,1-4H3,(H,31,35). The number of nitrogens with one attached hydrogen (secondary N) is 1. The highest BCUT2D eigenvalue weighted by Gasteiger charge is 2.27. The number of ether oxygens (including phenoxy) is 1. The molecule has 196 valence electrons. The maximum Gasteiger partial charge on any atom is 0.256 e. The molecule has 1 N–H and O–H groups in total. The summed E-state index contributed by atoms with van der Waals surface area (Å²) in [5, 5.41) is 8.81. The molecule has 0 spiro atoms. The molecule has 4 rings (SSSR count). The SMILES string of the molecule is COc1cc2ccccc2cc1N(CC(=O)NCCCC(C)C)CC(=O)N(C)N1Cc2ccccc2C1. The van der Waals surface area contributed by atoms with Crippen molar-refractivity contribution >= 4 is 28.3 Å². The average molecular weight is 503 g/mol. The summed E-state index contributed by atoms with van der Waals surface area (Å²) >= 11 is 0. The molecule has 0 aliphatic carbocycles. The minimum Gasteiger partial charge on any atom is -0.495 e. The summed E-state index contributed by atoms with van der Waals surface area (Å²) in [6.45, 7) is 6.47. The lowest BCUT2D eigenvalue weighted by atomic mass is 10.1. The zero-order valence-electron chi connectivity index (χ0n) is 22.4.